The molecule has 0 aliphatic heterocycles. The van der Waals surface area contributed by atoms with Crippen LogP contribution in [0.4, 0.5) is 11.4 Å². The molecule has 6 heteroatoms. The molecule has 0 heterocycles. The summed E-state index contributed by atoms with van der Waals surface area (Å²) in [6, 6.07) is 13.6. The van der Waals surface area contributed by atoms with Crippen molar-refractivity contribution < 1.29 is 14.4 Å². The Labute approximate surface area is 153 Å². The maximum absolute atomic E-state index is 12.5. The van der Waals surface area contributed by atoms with Gasteiger partial charge in [-0.15, -0.1) is 0 Å². The highest BCUT2D eigenvalue weighted by Gasteiger charge is 2.15. The third kappa shape index (κ3) is 5.17. The number of amides is 3. The molecule has 6 nitrogen and oxygen atoms in total. The van der Waals surface area contributed by atoms with Crippen molar-refractivity contribution in [1.29, 1.82) is 0 Å². The van der Waals surface area contributed by atoms with Gasteiger partial charge in [0.15, 0.2) is 0 Å². The van der Waals surface area contributed by atoms with Crippen LogP contribution in [0.15, 0.2) is 48.5 Å². The molecule has 0 spiro atoms. The lowest BCUT2D eigenvalue weighted by atomic mass is 10.1. The monoisotopic (exact) mass is 353 g/mol. The molecule has 2 aromatic carbocycles. The number of nitrogens with one attached hydrogen (secondary N) is 3. The molecule has 1 atom stereocenters. The van der Waals surface area contributed by atoms with Gasteiger partial charge in [0.25, 0.3) is 5.91 Å². The fourth-order valence-corrected chi connectivity index (χ4v) is 2.50. The SMILES string of the molecule is CCc1ccccc1NC(=O)c1cccc(NC(=O)[C@H](C)NC(C)=O)c1. The predicted molar refractivity (Wildman–Crippen MR) is 102 cm³/mol. The lowest BCUT2D eigenvalue weighted by Crippen LogP contribution is -2.40. The van der Waals surface area contributed by atoms with E-state index in [9.17, 15) is 14.4 Å². The number of benzene rings is 2. The zero-order valence-corrected chi connectivity index (χ0v) is 15.1. The van der Waals surface area contributed by atoms with E-state index in [2.05, 4.69) is 16.0 Å². The third-order valence-electron chi connectivity index (χ3n) is 3.85. The highest BCUT2D eigenvalue weighted by Crippen LogP contribution is 2.18. The zero-order chi connectivity index (χ0) is 19.1. The zero-order valence-electron chi connectivity index (χ0n) is 15.1. The Hall–Kier alpha value is -3.15. The van der Waals surface area contributed by atoms with Gasteiger partial charge < -0.3 is 16.0 Å². The molecule has 0 aromatic heterocycles. The molecular formula is C20H23N3O3. The number of anilines is 2. The Morgan fingerprint density at radius 2 is 1.73 bits per heavy atom. The van der Waals surface area contributed by atoms with Crippen molar-refractivity contribution in [3.05, 3.63) is 59.7 Å². The Kier molecular flexibility index (Phi) is 6.49. The van der Waals surface area contributed by atoms with Crippen molar-refractivity contribution in [1.82, 2.24) is 5.32 Å². The van der Waals surface area contributed by atoms with Crippen LogP contribution in [-0.4, -0.2) is 23.8 Å². The van der Waals surface area contributed by atoms with Gasteiger partial charge in [-0.25, -0.2) is 0 Å². The lowest BCUT2D eigenvalue weighted by molar-refractivity contribution is -0.124. The van der Waals surface area contributed by atoms with E-state index in [1.54, 1.807) is 31.2 Å². The second-order valence-electron chi connectivity index (χ2n) is 5.96. The highest BCUT2D eigenvalue weighted by atomic mass is 16.2. The number of carbonyl (C=O) groups excluding carboxylic acids is 3. The van der Waals surface area contributed by atoms with E-state index in [1.807, 2.05) is 31.2 Å². The van der Waals surface area contributed by atoms with Crippen LogP contribution in [0.5, 0.6) is 0 Å². The van der Waals surface area contributed by atoms with Gasteiger partial charge in [0.2, 0.25) is 11.8 Å². The van der Waals surface area contributed by atoms with Crippen molar-refractivity contribution in [3.8, 4) is 0 Å². The fraction of sp³-hybridized carbons (Fsp3) is 0.250. The second-order valence-corrected chi connectivity index (χ2v) is 5.96. The van der Waals surface area contributed by atoms with Crippen LogP contribution < -0.4 is 16.0 Å². The fourth-order valence-electron chi connectivity index (χ4n) is 2.50. The topological polar surface area (TPSA) is 87.3 Å². The molecule has 0 bridgehead atoms. The van der Waals surface area contributed by atoms with E-state index in [4.69, 9.17) is 0 Å². The van der Waals surface area contributed by atoms with Gasteiger partial charge >= 0.3 is 0 Å². The molecule has 2 aromatic rings. The molecule has 2 rings (SSSR count). The summed E-state index contributed by atoms with van der Waals surface area (Å²) < 4.78 is 0. The van der Waals surface area contributed by atoms with Gasteiger partial charge in [0.05, 0.1) is 0 Å². The summed E-state index contributed by atoms with van der Waals surface area (Å²) >= 11 is 0. The first-order valence-electron chi connectivity index (χ1n) is 8.48. The summed E-state index contributed by atoms with van der Waals surface area (Å²) in [4.78, 5) is 35.6. The van der Waals surface area contributed by atoms with Crippen LogP contribution in [0, 0.1) is 0 Å². The quantitative estimate of drug-likeness (QED) is 0.746. The molecule has 26 heavy (non-hydrogen) atoms. The molecule has 0 saturated heterocycles. The first kappa shape index (κ1) is 19.2. The molecule has 0 radical (unpaired) electrons. The molecule has 0 saturated carbocycles. The minimum absolute atomic E-state index is 0.253. The van der Waals surface area contributed by atoms with Crippen LogP contribution >= 0.6 is 0 Å². The summed E-state index contributed by atoms with van der Waals surface area (Å²) in [6.45, 7) is 4.97. The maximum atomic E-state index is 12.5. The van der Waals surface area contributed by atoms with Crippen molar-refractivity contribution in [3.63, 3.8) is 0 Å². The molecule has 3 amide bonds. The largest absolute Gasteiger partial charge is 0.345 e. The average Bonchev–Trinajstić information content (AvgIpc) is 2.61. The van der Waals surface area contributed by atoms with Gasteiger partial charge in [-0.1, -0.05) is 31.2 Å². The van der Waals surface area contributed by atoms with Crippen LogP contribution in [0.25, 0.3) is 0 Å². The highest BCUT2D eigenvalue weighted by molar-refractivity contribution is 6.06. The number of hydrogen-bond acceptors (Lipinski definition) is 3. The molecule has 0 aliphatic rings. The van der Waals surface area contributed by atoms with Gasteiger partial charge in [-0.2, -0.15) is 0 Å². The van der Waals surface area contributed by atoms with E-state index in [0.29, 0.717) is 11.3 Å². The normalized spacial score (nSPS) is 11.3. The second kappa shape index (κ2) is 8.80. The molecule has 0 aliphatic carbocycles. The number of aryl methyl sites for hydroxylation is 1. The summed E-state index contributed by atoms with van der Waals surface area (Å²) in [6.07, 6.45) is 0.813. The Bertz CT molecular complexity index is 817. The van der Waals surface area contributed by atoms with E-state index in [-0.39, 0.29) is 17.7 Å². The Balaban J connectivity index is 2.09. The number of para-hydroxylation sites is 1. The average molecular weight is 353 g/mol. The Morgan fingerprint density at radius 3 is 2.42 bits per heavy atom. The standard InChI is InChI=1S/C20H23N3O3/c1-4-15-8-5-6-11-18(15)23-20(26)16-9-7-10-17(12-16)22-19(25)13(2)21-14(3)24/h5-13H,4H2,1-3H3,(H,21,24)(H,22,25)(H,23,26)/t13-/m0/s1. The van der Waals surface area contributed by atoms with E-state index < -0.39 is 6.04 Å². The van der Waals surface area contributed by atoms with E-state index >= 15 is 0 Å². The first-order valence-corrected chi connectivity index (χ1v) is 8.48. The van der Waals surface area contributed by atoms with Gasteiger partial charge in [-0.05, 0) is 43.2 Å². The summed E-state index contributed by atoms with van der Waals surface area (Å²) in [5.41, 5.74) is 2.74. The molecular weight excluding hydrogens is 330 g/mol. The smallest absolute Gasteiger partial charge is 0.255 e. The first-order chi connectivity index (χ1) is 12.4. The molecule has 136 valence electrons. The van der Waals surface area contributed by atoms with Crippen molar-refractivity contribution in [2.24, 2.45) is 0 Å². The molecule has 0 fully saturated rings. The maximum Gasteiger partial charge on any atom is 0.255 e. The Morgan fingerprint density at radius 1 is 1.00 bits per heavy atom. The van der Waals surface area contributed by atoms with E-state index in [0.717, 1.165) is 17.7 Å². The number of rotatable bonds is 6. The van der Waals surface area contributed by atoms with Crippen LogP contribution in [0.3, 0.4) is 0 Å². The lowest BCUT2D eigenvalue weighted by Gasteiger charge is -2.14. The number of carbonyl (C=O) groups is 3. The summed E-state index contributed by atoms with van der Waals surface area (Å²) in [7, 11) is 0. The van der Waals surface area contributed by atoms with Crippen LogP contribution in [0.1, 0.15) is 36.7 Å². The van der Waals surface area contributed by atoms with Crippen molar-refractivity contribution >= 4 is 29.1 Å². The van der Waals surface area contributed by atoms with Crippen molar-refractivity contribution in [2.75, 3.05) is 10.6 Å². The van der Waals surface area contributed by atoms with E-state index in [1.165, 1.54) is 6.92 Å². The predicted octanol–water partition coefficient (Wildman–Crippen LogP) is 2.96. The van der Waals surface area contributed by atoms with Crippen molar-refractivity contribution in [2.45, 2.75) is 33.2 Å². The summed E-state index contributed by atoms with van der Waals surface area (Å²) in [5.74, 6) is -0.888. The minimum Gasteiger partial charge on any atom is -0.345 e. The molecule has 0 unspecified atom stereocenters. The number of hydrogen-bond donors (Lipinski definition) is 3. The van der Waals surface area contributed by atoms with Crippen LogP contribution in [-0.2, 0) is 16.0 Å². The molecule has 3 N–H and O–H groups in total. The minimum atomic E-state index is -0.665. The van der Waals surface area contributed by atoms with Gasteiger partial charge in [0, 0.05) is 23.9 Å². The van der Waals surface area contributed by atoms with Crippen LogP contribution in [0.2, 0.25) is 0 Å². The van der Waals surface area contributed by atoms with Gasteiger partial charge in [-0.3, -0.25) is 14.4 Å². The van der Waals surface area contributed by atoms with Gasteiger partial charge in [0.1, 0.15) is 6.04 Å². The summed E-state index contributed by atoms with van der Waals surface area (Å²) in [5, 5.41) is 8.11. The third-order valence-corrected chi connectivity index (χ3v) is 3.85.